The molecule has 1 saturated heterocycles. The first kappa shape index (κ1) is 16.2. The molecular formula is C13H15F3N4O2S. The Morgan fingerprint density at radius 2 is 2.04 bits per heavy atom. The molecule has 1 atom stereocenters. The molecular weight excluding hydrogens is 333 g/mol. The van der Waals surface area contributed by atoms with Gasteiger partial charge in [0, 0.05) is 18.9 Å². The fraction of sp³-hybridized carbons (Fsp3) is 0.538. The van der Waals surface area contributed by atoms with Crippen LogP contribution in [0.2, 0.25) is 0 Å². The maximum absolute atomic E-state index is 13.3. The monoisotopic (exact) mass is 348 g/mol. The van der Waals surface area contributed by atoms with Gasteiger partial charge < -0.3 is 0 Å². The zero-order valence-electron chi connectivity index (χ0n) is 12.3. The molecule has 0 amide bonds. The fourth-order valence-corrected chi connectivity index (χ4v) is 4.05. The smallest absolute Gasteiger partial charge is 0.279 e. The average Bonchev–Trinajstić information content (AvgIpc) is 2.92. The van der Waals surface area contributed by atoms with Crippen LogP contribution in [0.15, 0.2) is 18.5 Å². The molecule has 0 aliphatic carbocycles. The third-order valence-corrected chi connectivity index (χ3v) is 5.19. The highest BCUT2D eigenvalue weighted by atomic mass is 32.2. The highest BCUT2D eigenvalue weighted by Crippen LogP contribution is 2.35. The molecule has 1 fully saturated rings. The Hall–Kier alpha value is -1.68. The van der Waals surface area contributed by atoms with Gasteiger partial charge in [-0.2, -0.15) is 17.5 Å². The van der Waals surface area contributed by atoms with E-state index in [9.17, 15) is 21.6 Å². The van der Waals surface area contributed by atoms with Crippen LogP contribution in [0.25, 0.3) is 5.78 Å². The van der Waals surface area contributed by atoms with Crippen LogP contribution in [0.5, 0.6) is 0 Å². The van der Waals surface area contributed by atoms with Crippen LogP contribution >= 0.6 is 0 Å². The molecule has 126 valence electrons. The van der Waals surface area contributed by atoms with Gasteiger partial charge in [0.15, 0.2) is 0 Å². The minimum Gasteiger partial charge on any atom is -0.279 e. The van der Waals surface area contributed by atoms with Gasteiger partial charge in [-0.1, -0.05) is 6.42 Å². The van der Waals surface area contributed by atoms with Crippen LogP contribution < -0.4 is 0 Å². The van der Waals surface area contributed by atoms with Gasteiger partial charge in [-0.3, -0.25) is 4.40 Å². The van der Waals surface area contributed by atoms with E-state index in [2.05, 4.69) is 9.97 Å². The van der Waals surface area contributed by atoms with Gasteiger partial charge in [-0.25, -0.2) is 18.4 Å². The molecule has 0 N–H and O–H groups in total. The molecule has 10 heteroatoms. The molecule has 3 heterocycles. The van der Waals surface area contributed by atoms with Gasteiger partial charge in [0.1, 0.15) is 5.69 Å². The van der Waals surface area contributed by atoms with E-state index in [0.29, 0.717) is 12.8 Å². The Morgan fingerprint density at radius 3 is 2.70 bits per heavy atom. The topological polar surface area (TPSA) is 67.6 Å². The fourth-order valence-electron chi connectivity index (χ4n) is 2.91. The number of piperidine rings is 1. The lowest BCUT2D eigenvalue weighted by molar-refractivity contribution is -0.142. The molecule has 0 unspecified atom stereocenters. The number of aromatic nitrogens is 3. The van der Waals surface area contributed by atoms with Gasteiger partial charge in [0.2, 0.25) is 15.8 Å². The standard InChI is InChI=1S/C13H15F3N4O2S/c1-23(21,22)20-6-3-2-4-10(20)9-8-11(13(14,15)16)19-7-5-17-12(19)18-9/h5,7-8,10H,2-4,6H2,1H3/t10-/m1/s1. The summed E-state index contributed by atoms with van der Waals surface area (Å²) in [5.74, 6) is -0.0890. The molecule has 1 aliphatic rings. The highest BCUT2D eigenvalue weighted by Gasteiger charge is 2.37. The second-order valence-corrected chi connectivity index (χ2v) is 7.48. The summed E-state index contributed by atoms with van der Waals surface area (Å²) in [6, 6.07) is 0.226. The lowest BCUT2D eigenvalue weighted by Gasteiger charge is -2.33. The molecule has 2 aromatic rings. The first-order valence-electron chi connectivity index (χ1n) is 7.06. The number of rotatable bonds is 2. The van der Waals surface area contributed by atoms with E-state index in [-0.39, 0.29) is 18.0 Å². The third kappa shape index (κ3) is 3.05. The summed E-state index contributed by atoms with van der Waals surface area (Å²) >= 11 is 0. The van der Waals surface area contributed by atoms with Crippen LogP contribution in [0.4, 0.5) is 13.2 Å². The Labute approximate surface area is 131 Å². The Bertz CT molecular complexity index is 831. The van der Waals surface area contributed by atoms with E-state index in [4.69, 9.17) is 0 Å². The number of sulfonamides is 1. The molecule has 3 rings (SSSR count). The zero-order chi connectivity index (χ0) is 16.8. The summed E-state index contributed by atoms with van der Waals surface area (Å²) in [6.07, 6.45) is 0.751. The van der Waals surface area contributed by atoms with Crippen molar-refractivity contribution in [1.29, 1.82) is 0 Å². The number of hydrogen-bond acceptors (Lipinski definition) is 4. The quantitative estimate of drug-likeness (QED) is 0.835. The van der Waals surface area contributed by atoms with Gasteiger partial charge >= 0.3 is 6.18 Å². The van der Waals surface area contributed by atoms with Crippen molar-refractivity contribution < 1.29 is 21.6 Å². The van der Waals surface area contributed by atoms with Crippen molar-refractivity contribution in [2.45, 2.75) is 31.5 Å². The van der Waals surface area contributed by atoms with Crippen molar-refractivity contribution >= 4 is 15.8 Å². The summed E-state index contributed by atoms with van der Waals surface area (Å²) < 4.78 is 65.7. The molecule has 6 nitrogen and oxygen atoms in total. The van der Waals surface area contributed by atoms with Crippen molar-refractivity contribution in [3.63, 3.8) is 0 Å². The van der Waals surface area contributed by atoms with Crippen LogP contribution in [0.3, 0.4) is 0 Å². The van der Waals surface area contributed by atoms with Crippen molar-refractivity contribution in [3.05, 3.63) is 29.8 Å². The van der Waals surface area contributed by atoms with Crippen molar-refractivity contribution in [2.24, 2.45) is 0 Å². The third-order valence-electron chi connectivity index (χ3n) is 3.91. The maximum Gasteiger partial charge on any atom is 0.431 e. The summed E-state index contributed by atoms with van der Waals surface area (Å²) in [6.45, 7) is 0.284. The number of hydrogen-bond donors (Lipinski definition) is 0. The number of alkyl halides is 3. The SMILES string of the molecule is CS(=O)(=O)N1CCCC[C@@H]1c1cc(C(F)(F)F)n2ccnc2n1. The second kappa shape index (κ2) is 5.45. The Kier molecular flexibility index (Phi) is 3.83. The van der Waals surface area contributed by atoms with E-state index in [1.165, 1.54) is 16.7 Å². The number of halogens is 3. The van der Waals surface area contributed by atoms with Crippen LogP contribution in [-0.2, 0) is 16.2 Å². The first-order valence-corrected chi connectivity index (χ1v) is 8.91. The predicted molar refractivity (Wildman–Crippen MR) is 76.1 cm³/mol. The van der Waals surface area contributed by atoms with E-state index in [1.807, 2.05) is 0 Å². The van der Waals surface area contributed by atoms with Crippen LogP contribution in [-0.4, -0.2) is 39.9 Å². The first-order chi connectivity index (χ1) is 10.7. The lowest BCUT2D eigenvalue weighted by atomic mass is 10.0. The molecule has 23 heavy (non-hydrogen) atoms. The number of imidazole rings is 1. The highest BCUT2D eigenvalue weighted by molar-refractivity contribution is 7.88. The molecule has 2 aromatic heterocycles. The van der Waals surface area contributed by atoms with Gasteiger partial charge in [-0.05, 0) is 18.9 Å². The summed E-state index contributed by atoms with van der Waals surface area (Å²) in [4.78, 5) is 7.96. The zero-order valence-corrected chi connectivity index (χ0v) is 13.1. The van der Waals surface area contributed by atoms with E-state index < -0.39 is 27.9 Å². The summed E-state index contributed by atoms with van der Waals surface area (Å²) in [5, 5.41) is 0. The lowest BCUT2D eigenvalue weighted by Crippen LogP contribution is -2.38. The van der Waals surface area contributed by atoms with Gasteiger partial charge in [-0.15, -0.1) is 0 Å². The molecule has 0 saturated carbocycles. The Balaban J connectivity index is 2.15. The molecule has 0 radical (unpaired) electrons. The van der Waals surface area contributed by atoms with Crippen LogP contribution in [0, 0.1) is 0 Å². The minimum absolute atomic E-state index is 0.0844. The number of nitrogens with zero attached hydrogens (tertiary/aromatic N) is 4. The summed E-state index contributed by atoms with van der Waals surface area (Å²) in [5.41, 5.74) is -0.824. The van der Waals surface area contributed by atoms with Gasteiger partial charge in [0.05, 0.1) is 18.0 Å². The van der Waals surface area contributed by atoms with Crippen molar-refractivity contribution in [3.8, 4) is 0 Å². The van der Waals surface area contributed by atoms with E-state index in [0.717, 1.165) is 23.1 Å². The van der Waals surface area contributed by atoms with Crippen molar-refractivity contribution in [2.75, 3.05) is 12.8 Å². The molecule has 1 aliphatic heterocycles. The van der Waals surface area contributed by atoms with Crippen molar-refractivity contribution in [1.82, 2.24) is 18.7 Å². The average molecular weight is 348 g/mol. The Morgan fingerprint density at radius 1 is 1.30 bits per heavy atom. The normalized spacial score (nSPS) is 21.0. The largest absolute Gasteiger partial charge is 0.431 e. The maximum atomic E-state index is 13.3. The van der Waals surface area contributed by atoms with Crippen LogP contribution in [0.1, 0.15) is 36.7 Å². The molecule has 0 bridgehead atoms. The predicted octanol–water partition coefficient (Wildman–Crippen LogP) is 2.23. The minimum atomic E-state index is -4.58. The number of fused-ring (bicyclic) bond motifs is 1. The second-order valence-electron chi connectivity index (χ2n) is 5.55. The van der Waals surface area contributed by atoms with E-state index >= 15 is 0 Å². The van der Waals surface area contributed by atoms with E-state index in [1.54, 1.807) is 0 Å². The molecule has 0 spiro atoms. The summed E-state index contributed by atoms with van der Waals surface area (Å²) in [7, 11) is -3.53. The molecule has 0 aromatic carbocycles. The van der Waals surface area contributed by atoms with Gasteiger partial charge in [0.25, 0.3) is 0 Å².